The number of nitrogens with zero attached hydrogens (tertiary/aromatic N) is 1. The van der Waals surface area contributed by atoms with Crippen molar-refractivity contribution in [2.75, 3.05) is 24.9 Å². The molecule has 0 saturated carbocycles. The molecule has 7 nitrogen and oxygen atoms in total. The van der Waals surface area contributed by atoms with E-state index < -0.39 is 5.25 Å². The number of hydrogen-bond acceptors (Lipinski definition) is 7. The van der Waals surface area contributed by atoms with Gasteiger partial charge in [0, 0.05) is 16.1 Å². The molecule has 5 rings (SSSR count). The van der Waals surface area contributed by atoms with Crippen molar-refractivity contribution in [3.63, 3.8) is 0 Å². The van der Waals surface area contributed by atoms with E-state index in [4.69, 9.17) is 9.47 Å². The summed E-state index contributed by atoms with van der Waals surface area (Å²) in [7, 11) is 3.18. The number of ether oxygens (including phenoxy) is 2. The molecular weight excluding hydrogens is 530 g/mol. The van der Waals surface area contributed by atoms with E-state index in [0.29, 0.717) is 22.1 Å². The summed E-state index contributed by atoms with van der Waals surface area (Å²) in [4.78, 5) is 31.6. The van der Waals surface area contributed by atoms with Crippen LogP contribution in [0.5, 0.6) is 11.5 Å². The van der Waals surface area contributed by atoms with Gasteiger partial charge in [0.2, 0.25) is 5.91 Å². The summed E-state index contributed by atoms with van der Waals surface area (Å²) in [6, 6.07) is 29.6. The first kappa shape index (κ1) is 26.3. The molecule has 0 radical (unpaired) electrons. The lowest BCUT2D eigenvalue weighted by molar-refractivity contribution is -0.115. The standard InChI is InChI=1S/C30H25N3O4S2/c1-36-22-10-6-9-20(17-22)28(34)31-21-11-14-24(15-12-21)38-27(19-7-4-3-5-8-19)29(35)33-30-32-25-16-13-23(37-2)18-26(25)39-30/h3-18,27H,1-2H3,(H,31,34)(H,32,33,35). The van der Waals surface area contributed by atoms with Crippen molar-refractivity contribution in [1.29, 1.82) is 0 Å². The van der Waals surface area contributed by atoms with Crippen LogP contribution in [0, 0.1) is 0 Å². The molecule has 1 heterocycles. The summed E-state index contributed by atoms with van der Waals surface area (Å²) in [5.41, 5.74) is 2.82. The Labute approximate surface area is 234 Å². The predicted octanol–water partition coefficient (Wildman–Crippen LogP) is 7.04. The number of benzene rings is 4. The van der Waals surface area contributed by atoms with E-state index in [2.05, 4.69) is 15.6 Å². The zero-order valence-electron chi connectivity index (χ0n) is 21.2. The number of thiazole rings is 1. The summed E-state index contributed by atoms with van der Waals surface area (Å²) < 4.78 is 11.4. The van der Waals surface area contributed by atoms with Crippen molar-refractivity contribution < 1.29 is 19.1 Å². The van der Waals surface area contributed by atoms with E-state index >= 15 is 0 Å². The van der Waals surface area contributed by atoms with Crippen molar-refractivity contribution >= 4 is 55.9 Å². The number of rotatable bonds is 9. The minimum absolute atomic E-state index is 0.173. The van der Waals surface area contributed by atoms with E-state index in [0.717, 1.165) is 26.4 Å². The molecule has 0 saturated heterocycles. The van der Waals surface area contributed by atoms with Gasteiger partial charge in [-0.05, 0) is 66.2 Å². The predicted molar refractivity (Wildman–Crippen MR) is 157 cm³/mol. The number of carbonyl (C=O) groups is 2. The monoisotopic (exact) mass is 555 g/mol. The van der Waals surface area contributed by atoms with Gasteiger partial charge in [-0.2, -0.15) is 0 Å². The van der Waals surface area contributed by atoms with Gasteiger partial charge >= 0.3 is 0 Å². The Balaban J connectivity index is 1.31. The fourth-order valence-electron chi connectivity index (χ4n) is 3.88. The summed E-state index contributed by atoms with van der Waals surface area (Å²) in [5, 5.41) is 5.91. The number of hydrogen-bond donors (Lipinski definition) is 2. The molecule has 1 atom stereocenters. The fourth-order valence-corrected chi connectivity index (χ4v) is 5.80. The molecule has 0 bridgehead atoms. The van der Waals surface area contributed by atoms with Gasteiger partial charge in [0.05, 0.1) is 24.4 Å². The Morgan fingerprint density at radius 2 is 1.56 bits per heavy atom. The molecule has 0 aliphatic carbocycles. The second-order valence-electron chi connectivity index (χ2n) is 8.46. The van der Waals surface area contributed by atoms with Gasteiger partial charge in [-0.3, -0.25) is 9.59 Å². The Bertz CT molecular complexity index is 1600. The lowest BCUT2D eigenvalue weighted by Crippen LogP contribution is -2.18. The first-order valence-electron chi connectivity index (χ1n) is 12.0. The molecule has 5 aromatic rings. The van der Waals surface area contributed by atoms with Gasteiger partial charge in [0.1, 0.15) is 16.7 Å². The van der Waals surface area contributed by atoms with Crippen molar-refractivity contribution in [3.05, 3.63) is 108 Å². The third kappa shape index (κ3) is 6.39. The van der Waals surface area contributed by atoms with E-state index in [1.54, 1.807) is 38.5 Å². The van der Waals surface area contributed by atoms with Crippen LogP contribution in [0.1, 0.15) is 21.2 Å². The number of amides is 2. The van der Waals surface area contributed by atoms with Gasteiger partial charge in [-0.25, -0.2) is 4.98 Å². The van der Waals surface area contributed by atoms with Crippen LogP contribution in [-0.4, -0.2) is 31.0 Å². The highest BCUT2D eigenvalue weighted by atomic mass is 32.2. The number of thioether (sulfide) groups is 1. The van der Waals surface area contributed by atoms with Crippen LogP contribution in [0.15, 0.2) is 102 Å². The van der Waals surface area contributed by atoms with Gasteiger partial charge in [0.25, 0.3) is 5.91 Å². The van der Waals surface area contributed by atoms with E-state index in [9.17, 15) is 9.59 Å². The molecule has 2 N–H and O–H groups in total. The summed E-state index contributed by atoms with van der Waals surface area (Å²) >= 11 is 2.83. The van der Waals surface area contributed by atoms with Crippen molar-refractivity contribution in [1.82, 2.24) is 4.98 Å². The second-order valence-corrected chi connectivity index (χ2v) is 10.7. The quantitative estimate of drug-likeness (QED) is 0.190. The number of methoxy groups -OCH3 is 2. The molecule has 9 heteroatoms. The molecular formula is C30H25N3O4S2. The van der Waals surface area contributed by atoms with Crippen molar-refractivity contribution in [2.24, 2.45) is 0 Å². The molecule has 0 aliphatic rings. The molecule has 0 spiro atoms. The van der Waals surface area contributed by atoms with Crippen LogP contribution in [-0.2, 0) is 4.79 Å². The average molecular weight is 556 g/mol. The van der Waals surface area contributed by atoms with Gasteiger partial charge < -0.3 is 20.1 Å². The molecule has 4 aromatic carbocycles. The maximum atomic E-state index is 13.5. The molecule has 1 unspecified atom stereocenters. The SMILES string of the molecule is COc1cccc(C(=O)Nc2ccc(SC(C(=O)Nc3nc4ccc(OC)cc4s3)c3ccccc3)cc2)c1. The largest absolute Gasteiger partial charge is 0.497 e. The van der Waals surface area contributed by atoms with Crippen LogP contribution in [0.2, 0.25) is 0 Å². The zero-order valence-corrected chi connectivity index (χ0v) is 22.8. The van der Waals surface area contributed by atoms with Crippen LogP contribution in [0.3, 0.4) is 0 Å². The fraction of sp³-hybridized carbons (Fsp3) is 0.100. The number of carbonyl (C=O) groups excluding carboxylic acids is 2. The number of aromatic nitrogens is 1. The highest BCUT2D eigenvalue weighted by molar-refractivity contribution is 8.00. The molecule has 196 valence electrons. The first-order valence-corrected chi connectivity index (χ1v) is 13.7. The first-order chi connectivity index (χ1) is 19.0. The van der Waals surface area contributed by atoms with Crippen LogP contribution >= 0.6 is 23.1 Å². The average Bonchev–Trinajstić information content (AvgIpc) is 3.38. The third-order valence-corrected chi connectivity index (χ3v) is 8.06. The molecule has 0 aliphatic heterocycles. The van der Waals surface area contributed by atoms with Gasteiger partial charge in [0.15, 0.2) is 5.13 Å². The Morgan fingerprint density at radius 1 is 0.821 bits per heavy atom. The van der Waals surface area contributed by atoms with E-state index in [1.165, 1.54) is 23.1 Å². The highest BCUT2D eigenvalue weighted by Crippen LogP contribution is 2.38. The summed E-state index contributed by atoms with van der Waals surface area (Å²) in [5.74, 6) is 0.951. The minimum Gasteiger partial charge on any atom is -0.497 e. The normalized spacial score (nSPS) is 11.5. The van der Waals surface area contributed by atoms with Crippen LogP contribution in [0.4, 0.5) is 10.8 Å². The summed E-state index contributed by atoms with van der Waals surface area (Å²) in [6.45, 7) is 0. The lowest BCUT2D eigenvalue weighted by Gasteiger charge is -2.16. The smallest absolute Gasteiger partial charge is 0.255 e. The number of anilines is 2. The Morgan fingerprint density at radius 3 is 2.31 bits per heavy atom. The maximum absolute atomic E-state index is 13.5. The minimum atomic E-state index is -0.509. The zero-order chi connectivity index (χ0) is 27.2. The van der Waals surface area contributed by atoms with Gasteiger partial charge in [-0.15, -0.1) is 11.8 Å². The molecule has 2 amide bonds. The topological polar surface area (TPSA) is 89.5 Å². The highest BCUT2D eigenvalue weighted by Gasteiger charge is 2.23. The molecule has 0 fully saturated rings. The number of fused-ring (bicyclic) bond motifs is 1. The third-order valence-electron chi connectivity index (χ3n) is 5.86. The summed E-state index contributed by atoms with van der Waals surface area (Å²) in [6.07, 6.45) is 0. The molecule has 39 heavy (non-hydrogen) atoms. The van der Waals surface area contributed by atoms with Crippen molar-refractivity contribution in [3.8, 4) is 11.5 Å². The second kappa shape index (κ2) is 12.0. The van der Waals surface area contributed by atoms with E-state index in [-0.39, 0.29) is 11.8 Å². The van der Waals surface area contributed by atoms with Crippen LogP contribution < -0.4 is 20.1 Å². The molecule has 1 aromatic heterocycles. The Kier molecular flexibility index (Phi) is 8.10. The Hall–Kier alpha value is -4.34. The van der Waals surface area contributed by atoms with Crippen LogP contribution in [0.25, 0.3) is 10.2 Å². The lowest BCUT2D eigenvalue weighted by atomic mass is 10.1. The van der Waals surface area contributed by atoms with Gasteiger partial charge in [-0.1, -0.05) is 47.7 Å². The maximum Gasteiger partial charge on any atom is 0.255 e. The number of nitrogens with one attached hydrogen (secondary N) is 2. The van der Waals surface area contributed by atoms with Crippen molar-refractivity contribution in [2.45, 2.75) is 10.1 Å². The van der Waals surface area contributed by atoms with E-state index in [1.807, 2.05) is 72.8 Å².